The minimum absolute atomic E-state index is 0.0173. The van der Waals surface area contributed by atoms with Gasteiger partial charge in [-0.3, -0.25) is 14.3 Å². The normalized spacial score (nSPS) is 28.4. The van der Waals surface area contributed by atoms with Crippen molar-refractivity contribution in [2.75, 3.05) is 19.5 Å². The molecule has 0 aromatic carbocycles. The van der Waals surface area contributed by atoms with E-state index in [1.165, 1.54) is 0 Å². The minimum Gasteiger partial charge on any atom is -0.353 e. The van der Waals surface area contributed by atoms with Crippen LogP contribution in [0.3, 0.4) is 0 Å². The zero-order chi connectivity index (χ0) is 29.5. The minimum atomic E-state index is -3.53. The Kier molecular flexibility index (Phi) is 15.0. The van der Waals surface area contributed by atoms with E-state index in [0.717, 1.165) is 77.1 Å². The first-order valence-corrected chi connectivity index (χ1v) is 17.5. The molecule has 3 rings (SSSR count). The molecule has 1 saturated carbocycles. The lowest BCUT2D eigenvalue weighted by Gasteiger charge is -2.29. The Hall–Kier alpha value is -1.59. The van der Waals surface area contributed by atoms with Gasteiger partial charge in [0.25, 0.3) is 0 Å². The van der Waals surface area contributed by atoms with E-state index in [4.69, 9.17) is 18.9 Å². The van der Waals surface area contributed by atoms with Gasteiger partial charge in [-0.1, -0.05) is 50.5 Å². The van der Waals surface area contributed by atoms with E-state index in [2.05, 4.69) is 19.1 Å². The highest BCUT2D eigenvalue weighted by atomic mass is 32.2. The maximum atomic E-state index is 13.3. The Bertz CT molecular complexity index is 953. The Morgan fingerprint density at radius 3 is 2.44 bits per heavy atom. The van der Waals surface area contributed by atoms with Gasteiger partial charge in [0, 0.05) is 37.9 Å². The van der Waals surface area contributed by atoms with E-state index in [1.807, 2.05) is 16.9 Å². The van der Waals surface area contributed by atoms with Gasteiger partial charge in [0.1, 0.15) is 5.78 Å². The SMILES string of the molecule is CCCCC[C@@H](/C=C/[C@H]1C(=O)C[C@H](OC2CCCCO2)[C@@H]1C/C=C\CCCC(=O)NS(C)(=O)=O)OC1CCCCO1. The van der Waals surface area contributed by atoms with Gasteiger partial charge >= 0.3 is 0 Å². The van der Waals surface area contributed by atoms with Crippen molar-refractivity contribution in [1.29, 1.82) is 0 Å². The lowest BCUT2D eigenvalue weighted by Crippen LogP contribution is -2.31. The Morgan fingerprint density at radius 2 is 1.78 bits per heavy atom. The Labute approximate surface area is 246 Å². The van der Waals surface area contributed by atoms with Crippen LogP contribution in [0.15, 0.2) is 24.3 Å². The molecule has 6 atom stereocenters. The van der Waals surface area contributed by atoms with Crippen LogP contribution in [0, 0.1) is 11.8 Å². The van der Waals surface area contributed by atoms with Gasteiger partial charge in [0.15, 0.2) is 12.6 Å². The number of ketones is 1. The summed E-state index contributed by atoms with van der Waals surface area (Å²) >= 11 is 0. The van der Waals surface area contributed by atoms with Crippen molar-refractivity contribution in [2.45, 2.75) is 128 Å². The number of rotatable bonds is 17. The second-order valence-corrected chi connectivity index (χ2v) is 13.3. The summed E-state index contributed by atoms with van der Waals surface area (Å²) < 4.78 is 48.7. The molecule has 1 N–H and O–H groups in total. The standard InChI is InChI=1S/C31H51NO8S/c1-3-4-7-14-24(39-30-17-10-12-21-37-30)19-20-25-26(15-8-5-6-9-16-29(34)32-41(2,35)36)28(23-27(25)33)40-31-18-11-13-22-38-31/h5,8,19-20,24-26,28,30-31H,3-4,6-7,9-18,21-23H2,1-2H3,(H,32,34)/b8-5-,20-19+/t24-,25+,26+,28-,30?,31?/m0/s1. The molecule has 234 valence electrons. The van der Waals surface area contributed by atoms with E-state index >= 15 is 0 Å². The molecule has 9 nitrogen and oxygen atoms in total. The molecule has 0 bridgehead atoms. The first-order chi connectivity index (χ1) is 19.7. The van der Waals surface area contributed by atoms with Crippen LogP contribution >= 0.6 is 0 Å². The highest BCUT2D eigenvalue weighted by molar-refractivity contribution is 7.89. The predicted molar refractivity (Wildman–Crippen MR) is 157 cm³/mol. The number of unbranched alkanes of at least 4 members (excludes halogenated alkanes) is 3. The average molecular weight is 598 g/mol. The van der Waals surface area contributed by atoms with Crippen LogP contribution in [0.2, 0.25) is 0 Å². The van der Waals surface area contributed by atoms with Crippen molar-refractivity contribution in [1.82, 2.24) is 4.72 Å². The van der Waals surface area contributed by atoms with Crippen LogP contribution in [0.4, 0.5) is 0 Å². The molecular weight excluding hydrogens is 546 g/mol. The monoisotopic (exact) mass is 597 g/mol. The molecule has 2 aliphatic heterocycles. The molecule has 0 aromatic rings. The summed E-state index contributed by atoms with van der Waals surface area (Å²) in [7, 11) is -3.53. The molecule has 0 aromatic heterocycles. The number of allylic oxidation sites excluding steroid dienone is 3. The molecule has 41 heavy (non-hydrogen) atoms. The summed E-state index contributed by atoms with van der Waals surface area (Å²) in [6, 6.07) is 0. The number of sulfonamides is 1. The van der Waals surface area contributed by atoms with Crippen molar-refractivity contribution in [3.63, 3.8) is 0 Å². The first kappa shape index (κ1) is 33.9. The van der Waals surface area contributed by atoms with Gasteiger partial charge in [-0.15, -0.1) is 0 Å². The fourth-order valence-electron chi connectivity index (χ4n) is 5.74. The van der Waals surface area contributed by atoms with Crippen LogP contribution in [0.25, 0.3) is 0 Å². The average Bonchev–Trinajstić information content (AvgIpc) is 3.22. The maximum Gasteiger partial charge on any atom is 0.233 e. The molecule has 1 amide bonds. The van der Waals surface area contributed by atoms with Crippen LogP contribution in [0.5, 0.6) is 0 Å². The second-order valence-electron chi connectivity index (χ2n) is 11.6. The highest BCUT2D eigenvalue weighted by Gasteiger charge is 2.42. The predicted octanol–water partition coefficient (Wildman–Crippen LogP) is 5.34. The number of hydrogen-bond donors (Lipinski definition) is 1. The summed E-state index contributed by atoms with van der Waals surface area (Å²) in [5.41, 5.74) is 0. The van der Waals surface area contributed by atoms with Gasteiger partial charge < -0.3 is 18.9 Å². The van der Waals surface area contributed by atoms with Gasteiger partial charge in [-0.25, -0.2) is 8.42 Å². The summed E-state index contributed by atoms with van der Waals surface area (Å²) in [6.07, 6.45) is 21.0. The summed E-state index contributed by atoms with van der Waals surface area (Å²) in [6.45, 7) is 3.61. The quantitative estimate of drug-likeness (QED) is 0.176. The summed E-state index contributed by atoms with van der Waals surface area (Å²) in [5.74, 6) is -0.600. The Balaban J connectivity index is 1.63. The van der Waals surface area contributed by atoms with Gasteiger partial charge in [-0.2, -0.15) is 0 Å². The van der Waals surface area contributed by atoms with Gasteiger partial charge in [0.05, 0.1) is 18.5 Å². The lowest BCUT2D eigenvalue weighted by molar-refractivity contribution is -0.195. The number of hydrogen-bond acceptors (Lipinski definition) is 8. The van der Waals surface area contributed by atoms with Crippen LogP contribution < -0.4 is 4.72 Å². The lowest BCUT2D eigenvalue weighted by atomic mass is 9.89. The van der Waals surface area contributed by atoms with Crippen LogP contribution in [0.1, 0.15) is 103 Å². The maximum absolute atomic E-state index is 13.3. The van der Waals surface area contributed by atoms with Crippen molar-refractivity contribution < 1.29 is 37.0 Å². The van der Waals surface area contributed by atoms with Crippen molar-refractivity contribution in [3.05, 3.63) is 24.3 Å². The molecule has 2 unspecified atom stereocenters. The van der Waals surface area contributed by atoms with Crippen molar-refractivity contribution in [2.24, 2.45) is 11.8 Å². The van der Waals surface area contributed by atoms with E-state index < -0.39 is 15.9 Å². The third kappa shape index (κ3) is 13.1. The number of amides is 1. The van der Waals surface area contributed by atoms with E-state index in [9.17, 15) is 18.0 Å². The zero-order valence-corrected chi connectivity index (χ0v) is 25.8. The molecule has 0 spiro atoms. The second kappa shape index (κ2) is 18.2. The molecule has 3 aliphatic rings. The summed E-state index contributed by atoms with van der Waals surface area (Å²) in [4.78, 5) is 25.0. The molecule has 1 aliphatic carbocycles. The van der Waals surface area contributed by atoms with Crippen molar-refractivity contribution >= 4 is 21.7 Å². The fourth-order valence-corrected chi connectivity index (χ4v) is 6.25. The van der Waals surface area contributed by atoms with E-state index in [0.29, 0.717) is 32.3 Å². The molecule has 3 fully saturated rings. The number of carbonyl (C=O) groups excluding carboxylic acids is 2. The number of carbonyl (C=O) groups is 2. The Morgan fingerprint density at radius 1 is 1.05 bits per heavy atom. The molecule has 2 saturated heterocycles. The van der Waals surface area contributed by atoms with Gasteiger partial charge in [0.2, 0.25) is 15.9 Å². The van der Waals surface area contributed by atoms with E-state index in [-0.39, 0.29) is 48.8 Å². The largest absolute Gasteiger partial charge is 0.353 e. The van der Waals surface area contributed by atoms with Gasteiger partial charge in [-0.05, 0) is 64.2 Å². The molecule has 10 heteroatoms. The third-order valence-corrected chi connectivity index (χ3v) is 8.51. The highest BCUT2D eigenvalue weighted by Crippen LogP contribution is 2.37. The van der Waals surface area contributed by atoms with Crippen LogP contribution in [-0.4, -0.2) is 64.4 Å². The molecule has 0 radical (unpaired) electrons. The first-order valence-electron chi connectivity index (χ1n) is 15.7. The van der Waals surface area contributed by atoms with E-state index in [1.54, 1.807) is 0 Å². The van der Waals surface area contributed by atoms with Crippen LogP contribution in [-0.2, 0) is 38.6 Å². The fraction of sp³-hybridized carbons (Fsp3) is 0.806. The topological polar surface area (TPSA) is 117 Å². The molecular formula is C31H51NO8S. The number of Topliss-reactive ketones (excluding diaryl/α,β-unsaturated/α-hetero) is 1. The van der Waals surface area contributed by atoms with Crippen molar-refractivity contribution in [3.8, 4) is 0 Å². The number of ether oxygens (including phenoxy) is 4. The zero-order valence-electron chi connectivity index (χ0n) is 25.0. The number of nitrogens with one attached hydrogen (secondary N) is 1. The summed E-state index contributed by atoms with van der Waals surface area (Å²) in [5, 5.41) is 0. The third-order valence-electron chi connectivity index (χ3n) is 7.92. The molecule has 2 heterocycles. The smallest absolute Gasteiger partial charge is 0.233 e.